The summed E-state index contributed by atoms with van der Waals surface area (Å²) in [4.78, 5) is 13.0. The maximum absolute atomic E-state index is 13.0. The van der Waals surface area contributed by atoms with Crippen molar-refractivity contribution in [3.63, 3.8) is 0 Å². The molecule has 3 aromatic rings. The molecule has 0 heterocycles. The Kier molecular flexibility index (Phi) is 5.98. The van der Waals surface area contributed by atoms with Crippen LogP contribution in [-0.2, 0) is 9.32 Å². The fourth-order valence-electron chi connectivity index (χ4n) is 3.95. The van der Waals surface area contributed by atoms with E-state index in [1.165, 1.54) is 0 Å². The molecule has 0 aromatic heterocycles. The number of benzene rings is 3. The molecule has 3 nitrogen and oxygen atoms in total. The molecule has 0 aliphatic heterocycles. The molecule has 0 radical (unpaired) electrons. The van der Waals surface area contributed by atoms with Crippen LogP contribution < -0.4 is 15.9 Å². The monoisotopic (exact) mass is 394 g/mol. The van der Waals surface area contributed by atoms with Gasteiger partial charge in [-0.1, -0.05) is 0 Å². The van der Waals surface area contributed by atoms with E-state index in [1.807, 2.05) is 54.6 Å². The van der Waals surface area contributed by atoms with Crippen molar-refractivity contribution >= 4 is 28.7 Å². The Morgan fingerprint density at radius 3 is 1.46 bits per heavy atom. The van der Waals surface area contributed by atoms with Crippen LogP contribution in [0.5, 0.6) is 0 Å². The summed E-state index contributed by atoms with van der Waals surface area (Å²) >= 11 is 0. The number of aliphatic hydroxyl groups excluding tert-OH is 1. The summed E-state index contributed by atoms with van der Waals surface area (Å²) in [5.41, 5.74) is 0. The summed E-state index contributed by atoms with van der Waals surface area (Å²) in [6.45, 7) is 0.137. The zero-order chi connectivity index (χ0) is 20.1. The number of carbonyl (C=O) groups is 1. The zero-order valence-corrected chi connectivity index (χ0v) is 17.3. The number of aliphatic hydroxyl groups is 1. The second kappa shape index (κ2) is 8.26. The third-order valence-electron chi connectivity index (χ3n) is 5.28. The van der Waals surface area contributed by atoms with E-state index >= 15 is 0 Å². The first-order chi connectivity index (χ1) is 13.5. The van der Waals surface area contributed by atoms with E-state index in [0.29, 0.717) is 6.16 Å². The van der Waals surface area contributed by atoms with Gasteiger partial charge in [-0.2, -0.15) is 0 Å². The summed E-state index contributed by atoms with van der Waals surface area (Å²) in [5.74, 6) is -0.383. The van der Waals surface area contributed by atoms with Gasteiger partial charge in [-0.15, -0.1) is 0 Å². The Balaban J connectivity index is 2.40. The van der Waals surface area contributed by atoms with Crippen LogP contribution in [0.1, 0.15) is 20.3 Å². The van der Waals surface area contributed by atoms with Crippen molar-refractivity contribution in [2.24, 2.45) is 0 Å². The third kappa shape index (κ3) is 3.37. The molecule has 4 heteroatoms. The summed E-state index contributed by atoms with van der Waals surface area (Å²) in [6, 6.07) is 30.1. The van der Waals surface area contributed by atoms with Crippen molar-refractivity contribution in [3.05, 3.63) is 91.0 Å². The molecule has 0 bridgehead atoms. The molecule has 0 spiro atoms. The number of hydrogen-bond donors (Lipinski definition) is 1. The van der Waals surface area contributed by atoms with Gasteiger partial charge in [-0.05, 0) is 0 Å². The van der Waals surface area contributed by atoms with Crippen molar-refractivity contribution in [2.45, 2.75) is 26.4 Å². The molecule has 1 atom stereocenters. The van der Waals surface area contributed by atoms with E-state index < -0.39 is 12.9 Å². The van der Waals surface area contributed by atoms with Gasteiger partial charge in [0.1, 0.15) is 0 Å². The average Bonchev–Trinajstić information content (AvgIpc) is 2.74. The van der Waals surface area contributed by atoms with E-state index in [0.717, 1.165) is 15.9 Å². The van der Waals surface area contributed by atoms with Crippen LogP contribution >= 0.6 is 6.83 Å². The molecular weight excluding hydrogens is 367 g/mol. The van der Waals surface area contributed by atoms with Gasteiger partial charge in [0.2, 0.25) is 0 Å². The maximum atomic E-state index is 13.0. The Morgan fingerprint density at radius 1 is 0.821 bits per heavy atom. The van der Waals surface area contributed by atoms with Crippen molar-refractivity contribution in [3.8, 4) is 0 Å². The Labute approximate surface area is 167 Å². The SMILES string of the molecule is CCP(OC(=O)CC(C)O)(c1ccccc1)(c1ccccc1)c1ccccc1. The van der Waals surface area contributed by atoms with Crippen molar-refractivity contribution in [1.82, 2.24) is 0 Å². The molecule has 0 fully saturated rings. The summed E-state index contributed by atoms with van der Waals surface area (Å²) in [5, 5.41) is 12.8. The molecule has 146 valence electrons. The van der Waals surface area contributed by atoms with Gasteiger partial charge < -0.3 is 0 Å². The van der Waals surface area contributed by atoms with Crippen LogP contribution in [0.25, 0.3) is 0 Å². The fraction of sp³-hybridized carbons (Fsp3) is 0.208. The van der Waals surface area contributed by atoms with Crippen molar-refractivity contribution in [1.29, 1.82) is 0 Å². The zero-order valence-electron chi connectivity index (χ0n) is 16.4. The van der Waals surface area contributed by atoms with E-state index in [2.05, 4.69) is 43.3 Å². The first-order valence-corrected chi connectivity index (χ1v) is 12.0. The molecule has 28 heavy (non-hydrogen) atoms. The topological polar surface area (TPSA) is 46.5 Å². The molecular formula is C24H27O3P. The minimum atomic E-state index is -3.55. The van der Waals surface area contributed by atoms with Crippen LogP contribution in [0.2, 0.25) is 0 Å². The van der Waals surface area contributed by atoms with Gasteiger partial charge in [0.25, 0.3) is 0 Å². The predicted molar refractivity (Wildman–Crippen MR) is 118 cm³/mol. The van der Waals surface area contributed by atoms with Gasteiger partial charge in [0, 0.05) is 0 Å². The van der Waals surface area contributed by atoms with Gasteiger partial charge in [-0.3, -0.25) is 0 Å². The van der Waals surface area contributed by atoms with E-state index in [1.54, 1.807) is 6.92 Å². The molecule has 0 saturated carbocycles. The fourth-order valence-corrected chi connectivity index (χ4v) is 9.32. The molecule has 1 unspecified atom stereocenters. The number of carbonyl (C=O) groups excluding carboxylic acids is 1. The van der Waals surface area contributed by atoms with E-state index in [-0.39, 0.29) is 12.4 Å². The molecule has 3 aromatic carbocycles. The van der Waals surface area contributed by atoms with Crippen molar-refractivity contribution in [2.75, 3.05) is 6.16 Å². The molecule has 0 aliphatic rings. The van der Waals surface area contributed by atoms with Gasteiger partial charge in [-0.25, -0.2) is 0 Å². The second-order valence-corrected chi connectivity index (χ2v) is 11.8. The molecule has 0 saturated heterocycles. The normalized spacial score (nSPS) is 13.9. The second-order valence-electron chi connectivity index (χ2n) is 7.05. The molecule has 1 N–H and O–H groups in total. The summed E-state index contributed by atoms with van der Waals surface area (Å²) in [7, 11) is 0. The van der Waals surface area contributed by atoms with E-state index in [4.69, 9.17) is 4.52 Å². The van der Waals surface area contributed by atoms with Crippen LogP contribution in [0.4, 0.5) is 0 Å². The quantitative estimate of drug-likeness (QED) is 0.621. The van der Waals surface area contributed by atoms with Crippen LogP contribution in [0.3, 0.4) is 0 Å². The van der Waals surface area contributed by atoms with Crippen LogP contribution in [-0.4, -0.2) is 23.3 Å². The Bertz CT molecular complexity index is 809. The molecule has 3 rings (SSSR count). The van der Waals surface area contributed by atoms with Gasteiger partial charge in [0.05, 0.1) is 0 Å². The van der Waals surface area contributed by atoms with Crippen molar-refractivity contribution < 1.29 is 14.4 Å². The Hall–Kier alpha value is -2.48. The summed E-state index contributed by atoms with van der Waals surface area (Å²) in [6.07, 6.45) is -0.159. The first kappa shape index (κ1) is 20.3. The number of hydrogen-bond acceptors (Lipinski definition) is 3. The number of rotatable bonds is 7. The predicted octanol–water partition coefficient (Wildman–Crippen LogP) is 3.77. The summed E-state index contributed by atoms with van der Waals surface area (Å²) < 4.78 is 6.58. The molecule has 0 amide bonds. The van der Waals surface area contributed by atoms with Crippen LogP contribution in [0.15, 0.2) is 91.0 Å². The Morgan fingerprint density at radius 2 is 1.18 bits per heavy atom. The average molecular weight is 394 g/mol. The first-order valence-electron chi connectivity index (χ1n) is 9.61. The third-order valence-corrected chi connectivity index (χ3v) is 11.3. The van der Waals surface area contributed by atoms with Crippen LogP contribution in [0, 0.1) is 0 Å². The van der Waals surface area contributed by atoms with Gasteiger partial charge in [0.15, 0.2) is 0 Å². The van der Waals surface area contributed by atoms with Gasteiger partial charge >= 0.3 is 167 Å². The minimum absolute atomic E-state index is 0.0373. The van der Waals surface area contributed by atoms with E-state index in [9.17, 15) is 9.90 Å². The standard InChI is InChI=1S/C24H27O3P/c1-3-28(21-13-7-4-8-14-21,22-15-9-5-10-16-22,23-17-11-6-12-18-23)27-24(26)19-20(2)25/h4-18,20,25H,3,19H2,1-2H3. The molecule has 0 aliphatic carbocycles.